The van der Waals surface area contributed by atoms with E-state index in [1.165, 1.54) is 136 Å². The first-order valence-electron chi connectivity index (χ1n) is 45.5. The zero-order valence-corrected chi connectivity index (χ0v) is 75.0. The van der Waals surface area contributed by atoms with Gasteiger partial charge < -0.3 is 0 Å². The van der Waals surface area contributed by atoms with Gasteiger partial charge in [0.05, 0.1) is 49.7 Å². The van der Waals surface area contributed by atoms with Crippen LogP contribution in [0, 0.1) is 0 Å². The Morgan fingerprint density at radius 2 is 0.493 bits per heavy atom. The summed E-state index contributed by atoms with van der Waals surface area (Å²) in [6, 6.07) is 143. The average Bonchev–Trinajstić information content (AvgIpc) is 1.54. The van der Waals surface area contributed by atoms with Crippen LogP contribution in [0.1, 0.15) is 0 Å². The summed E-state index contributed by atoms with van der Waals surface area (Å²) < 4.78 is 14.6. The zero-order chi connectivity index (χ0) is 89.2. The summed E-state index contributed by atoms with van der Waals surface area (Å²) in [7, 11) is 0. The molecule has 0 amide bonds. The fraction of sp³-hybridized carbons (Fsp3) is 0. The first kappa shape index (κ1) is 77.3. The molecular formula is C121H70N12S3. The fourth-order valence-electron chi connectivity index (χ4n) is 21.1. The van der Waals surface area contributed by atoms with Gasteiger partial charge in [0, 0.05) is 160 Å². The maximum Gasteiger partial charge on any atom is 0.235 e. The van der Waals surface area contributed by atoms with E-state index < -0.39 is 0 Å². The minimum atomic E-state index is 0.635. The van der Waals surface area contributed by atoms with Crippen LogP contribution in [0.25, 0.3) is 276 Å². The normalized spacial score (nSPS) is 12.0. The van der Waals surface area contributed by atoms with Gasteiger partial charge in [0.1, 0.15) is 33.6 Å². The number of thiophene rings is 3. The predicted molar refractivity (Wildman–Crippen MR) is 571 cm³/mol. The van der Waals surface area contributed by atoms with Crippen molar-refractivity contribution < 1.29 is 0 Å². The molecule has 0 N–H and O–H groups in total. The number of benzene rings is 18. The molecule has 0 aliphatic carbocycles. The molecule has 12 heterocycles. The van der Waals surface area contributed by atoms with Crippen LogP contribution in [-0.4, -0.2) is 58.6 Å². The minimum Gasteiger partial charge on any atom is -0.277 e. The van der Waals surface area contributed by atoms with Crippen molar-refractivity contribution in [3.63, 3.8) is 0 Å². The van der Waals surface area contributed by atoms with Gasteiger partial charge in [-0.15, -0.1) is 34.0 Å². The number of nitrogens with zero attached hydrogens (tertiary/aromatic N) is 12. The molecule has 15 heteroatoms. The van der Waals surface area contributed by atoms with Gasteiger partial charge in [-0.2, -0.15) is 0 Å². The molecular weight excluding hydrogens is 1720 g/mol. The van der Waals surface area contributed by atoms with Crippen molar-refractivity contribution in [3.05, 3.63) is 425 Å². The van der Waals surface area contributed by atoms with Crippen LogP contribution in [0.2, 0.25) is 0 Å². The molecule has 18 aromatic carbocycles. The van der Waals surface area contributed by atoms with Crippen LogP contribution in [-0.2, 0) is 0 Å². The SMILES string of the molecule is c1ccc(-c2ccc(-c3nc(-n4c5ccccc5c5c6c7ccccc7sc6c6ccccc6c54)nc4cccnc34)cc2)cc1.c1ccc(-c2cccc(-c3nc(-n4c5ccccc5c5c6c7ccccc7sc6c6ccccc6c54)nc4cccnc34)c2)cc1.c1ccc2c(-c3nc(-n4c5ccccc5c5c6c7ccccc7sc6c6ccccc6c54)nc4cccnc34)cccc2c1. The molecule has 0 radical (unpaired) electrons. The van der Waals surface area contributed by atoms with Gasteiger partial charge in [-0.05, 0) is 112 Å². The van der Waals surface area contributed by atoms with E-state index in [-0.39, 0.29) is 0 Å². The van der Waals surface area contributed by atoms with E-state index in [4.69, 9.17) is 44.9 Å². The number of para-hydroxylation sites is 3. The number of hydrogen-bond donors (Lipinski definition) is 0. The molecule has 632 valence electrons. The van der Waals surface area contributed by atoms with Gasteiger partial charge in [0.15, 0.2) is 0 Å². The van der Waals surface area contributed by atoms with E-state index in [1.54, 1.807) is 0 Å². The molecule has 0 saturated carbocycles. The first-order chi connectivity index (χ1) is 67.5. The average molecular weight is 1790 g/mol. The third kappa shape index (κ3) is 12.0. The lowest BCUT2D eigenvalue weighted by atomic mass is 10.00. The largest absolute Gasteiger partial charge is 0.277 e. The third-order valence-electron chi connectivity index (χ3n) is 26.9. The van der Waals surface area contributed by atoms with E-state index in [0.717, 1.165) is 122 Å². The highest BCUT2D eigenvalue weighted by Crippen LogP contribution is 2.53. The number of fused-ring (bicyclic) bond motifs is 34. The van der Waals surface area contributed by atoms with Crippen molar-refractivity contribution in [2.75, 3.05) is 0 Å². The second-order valence-electron chi connectivity index (χ2n) is 34.4. The topological polar surface area (TPSA) is 131 Å². The molecule has 0 aliphatic heterocycles. The summed E-state index contributed by atoms with van der Waals surface area (Å²) in [5, 5.41) is 24.7. The van der Waals surface area contributed by atoms with Crippen molar-refractivity contribution in [1.82, 2.24) is 58.6 Å². The standard InChI is InChI=1S/2C41H24N4S.C39H22N4S/c1-2-12-25(13-3-1)26-14-10-15-27(24-26)37-38-32(20-11-23-42-38)43-41(44-37)45-33-21-8-6-18-30(33)35-36-31-19-7-9-22-34(31)46-40(36)29-17-5-4-16-28(29)39(35)45;1-2-11-25(12-3-1)26-20-22-27(23-21-26)37-38-32(17-10-24-42-38)43-41(44-37)45-33-18-8-6-15-30(33)35-36-31-16-7-9-19-34(31)46-40(36)29-14-5-4-13-28(29)39(35)45;1-2-13-24-23(11-1)12-9-18-25(24)35-36-30(19-10-22-40-36)41-39(42-35)43-31-20-7-5-16-28(31)33-34-29-17-6-8-21-32(29)44-38(34)27-15-4-3-14-26(27)37(33)43/h2*1-24H;1-22H. The fourth-order valence-corrected chi connectivity index (χ4v) is 24.8. The Labute approximate surface area is 787 Å². The Kier molecular flexibility index (Phi) is 17.7. The molecule has 0 unspecified atom stereocenters. The maximum atomic E-state index is 5.39. The van der Waals surface area contributed by atoms with Gasteiger partial charge in [-0.25, -0.2) is 29.9 Å². The summed E-state index contributed by atoms with van der Waals surface area (Å²) in [4.78, 5) is 46.1. The van der Waals surface area contributed by atoms with E-state index in [2.05, 4.69) is 372 Å². The lowest BCUT2D eigenvalue weighted by molar-refractivity contribution is 1.01. The monoisotopic (exact) mass is 1790 g/mol. The lowest BCUT2D eigenvalue weighted by Crippen LogP contribution is -2.04. The van der Waals surface area contributed by atoms with Crippen molar-refractivity contribution in [2.24, 2.45) is 0 Å². The van der Waals surface area contributed by atoms with Gasteiger partial charge in [-0.1, -0.05) is 328 Å². The highest BCUT2D eigenvalue weighted by atomic mass is 32.1. The molecule has 0 saturated heterocycles. The number of rotatable bonds is 8. The smallest absolute Gasteiger partial charge is 0.235 e. The molecule has 0 spiro atoms. The zero-order valence-electron chi connectivity index (χ0n) is 72.5. The molecule has 136 heavy (non-hydrogen) atoms. The van der Waals surface area contributed by atoms with Crippen LogP contribution in [0.4, 0.5) is 0 Å². The van der Waals surface area contributed by atoms with Crippen molar-refractivity contribution in [2.45, 2.75) is 0 Å². The van der Waals surface area contributed by atoms with E-state index in [0.29, 0.717) is 17.8 Å². The highest BCUT2D eigenvalue weighted by Gasteiger charge is 2.30. The molecule has 0 atom stereocenters. The summed E-state index contributed by atoms with van der Waals surface area (Å²) >= 11 is 5.62. The quantitative estimate of drug-likeness (QED) is 0.146. The number of aromatic nitrogens is 12. The van der Waals surface area contributed by atoms with Crippen LogP contribution in [0.3, 0.4) is 0 Å². The van der Waals surface area contributed by atoms with Gasteiger partial charge in [0.25, 0.3) is 0 Å². The minimum absolute atomic E-state index is 0.635. The Morgan fingerprint density at radius 3 is 0.926 bits per heavy atom. The molecule has 30 rings (SSSR count). The Morgan fingerprint density at radius 1 is 0.191 bits per heavy atom. The Bertz CT molecular complexity index is 10200. The van der Waals surface area contributed by atoms with Crippen LogP contribution >= 0.6 is 34.0 Å². The van der Waals surface area contributed by atoms with E-state index in [1.807, 2.05) is 101 Å². The van der Waals surface area contributed by atoms with Gasteiger partial charge >= 0.3 is 0 Å². The van der Waals surface area contributed by atoms with Crippen LogP contribution in [0.15, 0.2) is 425 Å². The predicted octanol–water partition coefficient (Wildman–Crippen LogP) is 32.4. The summed E-state index contributed by atoms with van der Waals surface area (Å²) in [6.07, 6.45) is 5.47. The first-order valence-corrected chi connectivity index (χ1v) is 47.9. The lowest BCUT2D eigenvalue weighted by Gasteiger charge is -2.13. The number of hydrogen-bond acceptors (Lipinski definition) is 12. The van der Waals surface area contributed by atoms with E-state index in [9.17, 15) is 0 Å². The highest BCUT2D eigenvalue weighted by molar-refractivity contribution is 7.28. The number of pyridine rings is 3. The van der Waals surface area contributed by atoms with Crippen molar-refractivity contribution in [3.8, 4) is 73.9 Å². The molecule has 0 bridgehead atoms. The van der Waals surface area contributed by atoms with Crippen molar-refractivity contribution in [1.29, 1.82) is 0 Å². The second-order valence-corrected chi connectivity index (χ2v) is 37.6. The maximum absolute atomic E-state index is 5.39. The third-order valence-corrected chi connectivity index (χ3v) is 30.5. The molecule has 0 aliphatic rings. The summed E-state index contributed by atoms with van der Waals surface area (Å²) in [5.74, 6) is 1.91. The molecule has 12 aromatic heterocycles. The van der Waals surface area contributed by atoms with E-state index >= 15 is 0 Å². The van der Waals surface area contributed by atoms with Gasteiger partial charge in [0.2, 0.25) is 17.8 Å². The molecule has 12 nitrogen and oxygen atoms in total. The van der Waals surface area contributed by atoms with Crippen molar-refractivity contribution >= 4 is 236 Å². The summed E-state index contributed by atoms with van der Waals surface area (Å²) in [6.45, 7) is 0. The second kappa shape index (κ2) is 31.1. The van der Waals surface area contributed by atoms with Crippen LogP contribution < -0.4 is 0 Å². The molecule has 0 fully saturated rings. The Balaban J connectivity index is 0.000000101. The molecule has 30 aromatic rings. The summed E-state index contributed by atoms with van der Waals surface area (Å²) in [5.41, 5.74) is 21.6. The van der Waals surface area contributed by atoms with Crippen LogP contribution in [0.5, 0.6) is 0 Å². The Hall–Kier alpha value is -17.5. The van der Waals surface area contributed by atoms with Gasteiger partial charge in [-0.3, -0.25) is 28.7 Å².